The number of aliphatic hydroxyl groups is 1. The number of carbonyl (C=O) groups excluding carboxylic acids is 1. The van der Waals surface area contributed by atoms with Crippen molar-refractivity contribution in [3.63, 3.8) is 0 Å². The molecular formula is C12H21N3O4S. The summed E-state index contributed by atoms with van der Waals surface area (Å²) in [6.45, 7) is 0.541. The van der Waals surface area contributed by atoms with E-state index < -0.39 is 12.1 Å². The maximum absolute atomic E-state index is 11.4. The summed E-state index contributed by atoms with van der Waals surface area (Å²) in [5.41, 5.74) is 8.65. The van der Waals surface area contributed by atoms with Gasteiger partial charge < -0.3 is 9.94 Å². The molecule has 3 aliphatic rings. The molecule has 2 heterocycles. The molecule has 2 aliphatic heterocycles. The summed E-state index contributed by atoms with van der Waals surface area (Å²) < 4.78 is 0. The summed E-state index contributed by atoms with van der Waals surface area (Å²) in [5, 5.41) is 10.1. The zero-order valence-electron chi connectivity index (χ0n) is 11.2. The Bertz CT molecular complexity index is 360. The van der Waals surface area contributed by atoms with E-state index in [0.29, 0.717) is 36.8 Å². The molecule has 0 radical (unpaired) electrons. The Morgan fingerprint density at radius 3 is 3.20 bits per heavy atom. The predicted octanol–water partition coefficient (Wildman–Crippen LogP) is -0.728. The third-order valence-corrected chi connectivity index (χ3v) is 5.60. The average Bonchev–Trinajstić information content (AvgIpc) is 3.10. The molecule has 7 nitrogen and oxygen atoms in total. The van der Waals surface area contributed by atoms with Crippen molar-refractivity contribution in [2.24, 2.45) is 0 Å². The molecule has 4 unspecified atom stereocenters. The summed E-state index contributed by atoms with van der Waals surface area (Å²) >= 11 is 1.94. The van der Waals surface area contributed by atoms with Crippen LogP contribution in [0.25, 0.3) is 0 Å². The summed E-state index contributed by atoms with van der Waals surface area (Å²) in [6.07, 6.45) is 2.29. The molecule has 0 aromatic rings. The van der Waals surface area contributed by atoms with Crippen molar-refractivity contribution >= 4 is 17.5 Å². The number of nitrogens with one attached hydrogen (secondary N) is 3. The van der Waals surface area contributed by atoms with E-state index in [1.165, 1.54) is 0 Å². The van der Waals surface area contributed by atoms with Gasteiger partial charge in [-0.15, -0.1) is 0 Å². The first-order valence-corrected chi connectivity index (χ1v) is 8.17. The Kier molecular flexibility index (Phi) is 4.92. The fourth-order valence-corrected chi connectivity index (χ4v) is 4.39. The number of Topliss-reactive ketones (excluding diaryl/α,β-unsaturated/α-hetero) is 1. The van der Waals surface area contributed by atoms with Crippen LogP contribution in [0.5, 0.6) is 0 Å². The Morgan fingerprint density at radius 2 is 2.40 bits per heavy atom. The van der Waals surface area contributed by atoms with Crippen LogP contribution in [0, 0.1) is 0 Å². The Morgan fingerprint density at radius 1 is 1.50 bits per heavy atom. The van der Waals surface area contributed by atoms with E-state index in [2.05, 4.69) is 16.4 Å². The van der Waals surface area contributed by atoms with Gasteiger partial charge in [0.15, 0.2) is 5.78 Å². The number of hydrogen-bond acceptors (Lipinski definition) is 8. The number of thioether (sulfide) groups is 1. The van der Waals surface area contributed by atoms with Crippen LogP contribution in [0.3, 0.4) is 0 Å². The normalized spacial score (nSPS) is 40.5. The Hall–Kier alpha value is -0.220. The van der Waals surface area contributed by atoms with Gasteiger partial charge in [-0.25, -0.2) is 4.94 Å². The molecule has 5 atom stereocenters. The van der Waals surface area contributed by atoms with Crippen LogP contribution in [0.2, 0.25) is 0 Å². The molecule has 0 aromatic carbocycles. The zero-order valence-corrected chi connectivity index (χ0v) is 12.0. The quantitative estimate of drug-likeness (QED) is 0.377. The van der Waals surface area contributed by atoms with Gasteiger partial charge >= 0.3 is 0 Å². The van der Waals surface area contributed by atoms with Crippen LogP contribution in [0.1, 0.15) is 25.7 Å². The average molecular weight is 303 g/mol. The van der Waals surface area contributed by atoms with Gasteiger partial charge in [0.25, 0.3) is 0 Å². The van der Waals surface area contributed by atoms with Crippen molar-refractivity contribution in [2.75, 3.05) is 12.4 Å². The lowest BCUT2D eigenvalue weighted by molar-refractivity contribution is -0.124. The molecule has 2 saturated heterocycles. The summed E-state index contributed by atoms with van der Waals surface area (Å²) in [5.74, 6) is 1.09. The summed E-state index contributed by atoms with van der Waals surface area (Å²) in [6, 6.07) is 0.218. The van der Waals surface area contributed by atoms with Gasteiger partial charge in [0.2, 0.25) is 0 Å². The van der Waals surface area contributed by atoms with E-state index in [1.807, 2.05) is 11.8 Å². The van der Waals surface area contributed by atoms with E-state index in [-0.39, 0.29) is 5.78 Å². The highest BCUT2D eigenvalue weighted by Crippen LogP contribution is 2.32. The zero-order chi connectivity index (χ0) is 13.9. The third-order valence-electron chi connectivity index (χ3n) is 4.09. The van der Waals surface area contributed by atoms with Gasteiger partial charge in [-0.05, 0) is 19.3 Å². The number of fused-ring (bicyclic) bond motifs is 1. The van der Waals surface area contributed by atoms with Crippen molar-refractivity contribution in [1.82, 2.24) is 16.4 Å². The van der Waals surface area contributed by atoms with E-state index in [0.717, 1.165) is 18.6 Å². The lowest BCUT2D eigenvalue weighted by Gasteiger charge is -2.17. The van der Waals surface area contributed by atoms with Gasteiger partial charge in [-0.3, -0.25) is 4.79 Å². The second-order valence-corrected chi connectivity index (χ2v) is 6.77. The minimum atomic E-state index is -0.612. The first-order chi connectivity index (χ1) is 9.75. The highest BCUT2D eigenvalue weighted by atomic mass is 32.2. The number of aliphatic hydroxyl groups excluding tert-OH is 1. The van der Waals surface area contributed by atoms with Gasteiger partial charge in [-0.2, -0.15) is 28.2 Å². The van der Waals surface area contributed by atoms with Crippen LogP contribution in [0.15, 0.2) is 0 Å². The molecule has 0 amide bonds. The molecule has 1 aliphatic carbocycles. The highest BCUT2D eigenvalue weighted by molar-refractivity contribution is 8.00. The molecular weight excluding hydrogens is 282 g/mol. The van der Waals surface area contributed by atoms with Gasteiger partial charge in [0, 0.05) is 17.4 Å². The van der Waals surface area contributed by atoms with Crippen LogP contribution >= 0.6 is 11.8 Å². The van der Waals surface area contributed by atoms with Crippen LogP contribution in [-0.2, 0) is 14.6 Å². The molecule has 3 rings (SSSR count). The summed E-state index contributed by atoms with van der Waals surface area (Å²) in [4.78, 5) is 21.8. The van der Waals surface area contributed by atoms with Crippen molar-refractivity contribution < 1.29 is 19.7 Å². The largest absolute Gasteiger partial charge is 0.391 e. The topological polar surface area (TPSA) is 91.9 Å². The Balaban J connectivity index is 1.30. The molecule has 3 fully saturated rings. The van der Waals surface area contributed by atoms with E-state index in [4.69, 9.17) is 9.78 Å². The molecule has 0 aromatic heterocycles. The first kappa shape index (κ1) is 14.7. The molecule has 0 bridgehead atoms. The SMILES string of the molecule is O=C1CC[C@@H](O)C1NOCCCC1SCC2NONC21. The Labute approximate surface area is 122 Å². The van der Waals surface area contributed by atoms with Gasteiger partial charge in [-0.1, -0.05) is 0 Å². The molecule has 114 valence electrons. The van der Waals surface area contributed by atoms with Crippen LogP contribution < -0.4 is 16.4 Å². The number of hydrogen-bond donors (Lipinski definition) is 4. The second-order valence-electron chi connectivity index (χ2n) is 5.50. The minimum Gasteiger partial charge on any atom is -0.391 e. The molecule has 1 saturated carbocycles. The highest BCUT2D eigenvalue weighted by Gasteiger charge is 2.40. The number of rotatable bonds is 6. The van der Waals surface area contributed by atoms with Crippen LogP contribution in [-0.4, -0.2) is 52.7 Å². The number of hydroxylamine groups is 3. The van der Waals surface area contributed by atoms with Gasteiger partial charge in [0.05, 0.1) is 24.8 Å². The lowest BCUT2D eigenvalue weighted by Crippen LogP contribution is -2.41. The minimum absolute atomic E-state index is 0.0325. The monoisotopic (exact) mass is 303 g/mol. The van der Waals surface area contributed by atoms with Crippen molar-refractivity contribution in [1.29, 1.82) is 0 Å². The standard InChI is InChI=1S/C12H21N3O4S/c16-8-3-4-9(17)12(8)14-18-5-1-2-10-11-7(6-20-10)13-19-15-11/h7-8,10-16H,1-6H2/t7?,8-,10?,11?,12?/m1/s1. The number of ketones is 1. The van der Waals surface area contributed by atoms with Crippen molar-refractivity contribution in [3.8, 4) is 0 Å². The molecule has 0 spiro atoms. The number of carbonyl (C=O) groups is 1. The maximum Gasteiger partial charge on any atom is 0.154 e. The van der Waals surface area contributed by atoms with Crippen LogP contribution in [0.4, 0.5) is 0 Å². The third kappa shape index (κ3) is 3.16. The fraction of sp³-hybridized carbons (Fsp3) is 0.917. The maximum atomic E-state index is 11.4. The second kappa shape index (κ2) is 6.69. The molecule has 20 heavy (non-hydrogen) atoms. The van der Waals surface area contributed by atoms with E-state index in [1.54, 1.807) is 0 Å². The fourth-order valence-electron chi connectivity index (χ4n) is 2.88. The lowest BCUT2D eigenvalue weighted by atomic mass is 10.1. The van der Waals surface area contributed by atoms with Crippen molar-refractivity contribution in [3.05, 3.63) is 0 Å². The van der Waals surface area contributed by atoms with E-state index in [9.17, 15) is 9.90 Å². The first-order valence-electron chi connectivity index (χ1n) is 7.12. The molecule has 8 heteroatoms. The smallest absolute Gasteiger partial charge is 0.154 e. The summed E-state index contributed by atoms with van der Waals surface area (Å²) in [7, 11) is 0. The molecule has 4 N–H and O–H groups in total. The van der Waals surface area contributed by atoms with Crippen molar-refractivity contribution in [2.45, 2.75) is 55.2 Å². The van der Waals surface area contributed by atoms with E-state index >= 15 is 0 Å². The predicted molar refractivity (Wildman–Crippen MR) is 73.5 cm³/mol. The van der Waals surface area contributed by atoms with Gasteiger partial charge in [0.1, 0.15) is 6.04 Å².